The normalized spacial score (nSPS) is 11.2. The van der Waals surface area contributed by atoms with Gasteiger partial charge in [0.25, 0.3) is 10.0 Å². The molecule has 0 saturated carbocycles. The molecule has 0 fully saturated rings. The number of carboxylic acids is 1. The fourth-order valence-electron chi connectivity index (χ4n) is 2.51. The number of aromatic carboxylic acids is 1. The van der Waals surface area contributed by atoms with Gasteiger partial charge in [-0.1, -0.05) is 30.3 Å². The van der Waals surface area contributed by atoms with Crippen molar-refractivity contribution in [2.45, 2.75) is 17.1 Å². The average molecular weight is 387 g/mol. The summed E-state index contributed by atoms with van der Waals surface area (Å²) in [5.74, 6) is -0.942. The number of thiophene rings is 1. The third-order valence-corrected chi connectivity index (χ3v) is 6.62. The Labute approximate surface area is 156 Å². The molecule has 0 atom stereocenters. The Morgan fingerprint density at radius 3 is 2.35 bits per heavy atom. The number of carboxylic acid groups (broad SMARTS) is 1. The number of carbonyl (C=O) groups is 1. The third kappa shape index (κ3) is 4.50. The number of anilines is 1. The summed E-state index contributed by atoms with van der Waals surface area (Å²) in [6.45, 7) is 0. The Bertz CT molecular complexity index is 994. The summed E-state index contributed by atoms with van der Waals surface area (Å²) in [4.78, 5) is 10.9. The first-order valence-corrected chi connectivity index (χ1v) is 10.3. The van der Waals surface area contributed by atoms with Crippen LogP contribution in [0.3, 0.4) is 0 Å². The molecule has 26 heavy (non-hydrogen) atoms. The van der Waals surface area contributed by atoms with Gasteiger partial charge in [-0.05, 0) is 59.7 Å². The average Bonchev–Trinajstić information content (AvgIpc) is 3.16. The zero-order valence-electron chi connectivity index (χ0n) is 13.8. The number of benzene rings is 2. The van der Waals surface area contributed by atoms with Crippen LogP contribution in [0.15, 0.2) is 70.3 Å². The van der Waals surface area contributed by atoms with Crippen LogP contribution in [0.4, 0.5) is 5.69 Å². The Morgan fingerprint density at radius 2 is 1.69 bits per heavy atom. The van der Waals surface area contributed by atoms with Crippen molar-refractivity contribution in [1.82, 2.24) is 0 Å². The van der Waals surface area contributed by atoms with E-state index in [1.54, 1.807) is 47.8 Å². The van der Waals surface area contributed by atoms with Crippen molar-refractivity contribution in [2.24, 2.45) is 0 Å². The molecule has 5 nitrogen and oxygen atoms in total. The molecule has 0 bridgehead atoms. The van der Waals surface area contributed by atoms with E-state index >= 15 is 0 Å². The van der Waals surface area contributed by atoms with E-state index in [2.05, 4.69) is 4.72 Å². The Morgan fingerprint density at radius 1 is 0.962 bits per heavy atom. The van der Waals surface area contributed by atoms with Crippen LogP contribution < -0.4 is 4.72 Å². The molecule has 3 rings (SSSR count). The van der Waals surface area contributed by atoms with Gasteiger partial charge in [0.1, 0.15) is 4.21 Å². The summed E-state index contributed by atoms with van der Waals surface area (Å²) in [5.41, 5.74) is 2.81. The first-order chi connectivity index (χ1) is 12.4. The highest BCUT2D eigenvalue weighted by Gasteiger charge is 2.15. The molecule has 0 spiro atoms. The minimum atomic E-state index is -3.55. The maximum atomic E-state index is 12.3. The van der Waals surface area contributed by atoms with Crippen LogP contribution in [-0.2, 0) is 22.9 Å². The second-order valence-electron chi connectivity index (χ2n) is 5.74. The summed E-state index contributed by atoms with van der Waals surface area (Å²) in [6, 6.07) is 17.3. The first-order valence-electron chi connectivity index (χ1n) is 7.91. The van der Waals surface area contributed by atoms with Gasteiger partial charge in [0, 0.05) is 5.69 Å². The van der Waals surface area contributed by atoms with Gasteiger partial charge in [0.05, 0.1) is 5.56 Å². The number of nitrogens with one attached hydrogen (secondary N) is 1. The Hall–Kier alpha value is -2.64. The van der Waals surface area contributed by atoms with Crippen molar-refractivity contribution in [3.8, 4) is 0 Å². The fraction of sp³-hybridized carbons (Fsp3) is 0.105. The summed E-state index contributed by atoms with van der Waals surface area (Å²) in [5, 5.41) is 10.6. The Balaban J connectivity index is 1.67. The minimum Gasteiger partial charge on any atom is -0.478 e. The molecule has 0 unspecified atom stereocenters. The Kier molecular flexibility index (Phi) is 5.39. The lowest BCUT2D eigenvalue weighted by atomic mass is 10.0. The lowest BCUT2D eigenvalue weighted by Crippen LogP contribution is -2.11. The molecular formula is C19H17NO4S2. The predicted molar refractivity (Wildman–Crippen MR) is 102 cm³/mol. The van der Waals surface area contributed by atoms with E-state index in [9.17, 15) is 13.2 Å². The van der Waals surface area contributed by atoms with Gasteiger partial charge in [0.2, 0.25) is 0 Å². The topological polar surface area (TPSA) is 83.5 Å². The van der Waals surface area contributed by atoms with E-state index in [0.29, 0.717) is 5.69 Å². The van der Waals surface area contributed by atoms with Crippen molar-refractivity contribution < 1.29 is 18.3 Å². The first kappa shape index (κ1) is 18.2. The predicted octanol–water partition coefficient (Wildman–Crippen LogP) is 4.03. The molecule has 0 amide bonds. The molecule has 0 aliphatic carbocycles. The van der Waals surface area contributed by atoms with E-state index in [1.807, 2.05) is 18.2 Å². The number of sulfonamides is 1. The maximum Gasteiger partial charge on any atom is 0.335 e. The van der Waals surface area contributed by atoms with E-state index in [1.165, 1.54) is 11.3 Å². The van der Waals surface area contributed by atoms with Gasteiger partial charge < -0.3 is 5.11 Å². The number of aryl methyl sites for hydroxylation is 2. The highest BCUT2D eigenvalue weighted by molar-refractivity contribution is 7.94. The zero-order chi connectivity index (χ0) is 18.6. The quantitative estimate of drug-likeness (QED) is 0.641. The fourth-order valence-corrected chi connectivity index (χ4v) is 4.56. The van der Waals surface area contributed by atoms with E-state index < -0.39 is 16.0 Å². The van der Waals surface area contributed by atoms with Gasteiger partial charge >= 0.3 is 5.97 Å². The van der Waals surface area contributed by atoms with Crippen molar-refractivity contribution in [1.29, 1.82) is 0 Å². The van der Waals surface area contributed by atoms with Crippen molar-refractivity contribution in [3.63, 3.8) is 0 Å². The summed E-state index contributed by atoms with van der Waals surface area (Å²) in [7, 11) is -3.55. The second kappa shape index (κ2) is 7.72. The lowest BCUT2D eigenvalue weighted by Gasteiger charge is -2.08. The van der Waals surface area contributed by atoms with E-state index in [4.69, 9.17) is 5.11 Å². The van der Waals surface area contributed by atoms with Crippen molar-refractivity contribution >= 4 is 33.0 Å². The maximum absolute atomic E-state index is 12.3. The molecule has 0 saturated heterocycles. The molecule has 0 aliphatic rings. The number of rotatable bonds is 7. The van der Waals surface area contributed by atoms with Gasteiger partial charge in [0.15, 0.2) is 0 Å². The summed E-state index contributed by atoms with van der Waals surface area (Å²) < 4.78 is 27.5. The standard InChI is InChI=1S/C19H17NO4S2/c21-19(22)16-10-8-14(9-11-16)6-7-15-3-1-4-17(13-15)20-26(23,24)18-5-2-12-25-18/h1-5,8-13,20H,6-7H2,(H,21,22). The van der Waals surface area contributed by atoms with Gasteiger partial charge in [-0.25, -0.2) is 13.2 Å². The monoisotopic (exact) mass is 387 g/mol. The van der Waals surface area contributed by atoms with Crippen LogP contribution in [0.5, 0.6) is 0 Å². The summed E-state index contributed by atoms with van der Waals surface area (Å²) >= 11 is 1.17. The van der Waals surface area contributed by atoms with Gasteiger partial charge in [-0.15, -0.1) is 11.3 Å². The molecule has 1 heterocycles. The van der Waals surface area contributed by atoms with Crippen LogP contribution in [0.2, 0.25) is 0 Å². The van der Waals surface area contributed by atoms with Gasteiger partial charge in [-0.3, -0.25) is 4.72 Å². The van der Waals surface area contributed by atoms with Crippen LogP contribution in [0, 0.1) is 0 Å². The molecule has 2 N–H and O–H groups in total. The number of hydrogen-bond donors (Lipinski definition) is 2. The largest absolute Gasteiger partial charge is 0.478 e. The molecular weight excluding hydrogens is 370 g/mol. The van der Waals surface area contributed by atoms with E-state index in [0.717, 1.165) is 24.0 Å². The minimum absolute atomic E-state index is 0.263. The van der Waals surface area contributed by atoms with Crippen molar-refractivity contribution in [2.75, 3.05) is 4.72 Å². The number of hydrogen-bond acceptors (Lipinski definition) is 4. The van der Waals surface area contributed by atoms with Gasteiger partial charge in [-0.2, -0.15) is 0 Å². The van der Waals surface area contributed by atoms with Crippen LogP contribution >= 0.6 is 11.3 Å². The van der Waals surface area contributed by atoms with E-state index in [-0.39, 0.29) is 9.77 Å². The highest BCUT2D eigenvalue weighted by Crippen LogP contribution is 2.21. The molecule has 1 aromatic heterocycles. The van der Waals surface area contributed by atoms with Crippen LogP contribution in [-0.4, -0.2) is 19.5 Å². The second-order valence-corrected chi connectivity index (χ2v) is 8.60. The molecule has 2 aromatic carbocycles. The van der Waals surface area contributed by atoms with Crippen LogP contribution in [0.1, 0.15) is 21.5 Å². The third-order valence-electron chi connectivity index (χ3n) is 3.84. The van der Waals surface area contributed by atoms with Crippen molar-refractivity contribution in [3.05, 3.63) is 82.7 Å². The highest BCUT2D eigenvalue weighted by atomic mass is 32.2. The smallest absolute Gasteiger partial charge is 0.335 e. The molecule has 0 radical (unpaired) electrons. The summed E-state index contributed by atoms with van der Waals surface area (Å²) in [6.07, 6.45) is 1.46. The molecule has 134 valence electrons. The molecule has 7 heteroatoms. The lowest BCUT2D eigenvalue weighted by molar-refractivity contribution is 0.0697. The zero-order valence-corrected chi connectivity index (χ0v) is 15.4. The van der Waals surface area contributed by atoms with Crippen LogP contribution in [0.25, 0.3) is 0 Å². The SMILES string of the molecule is O=C(O)c1ccc(CCc2cccc(NS(=O)(=O)c3cccs3)c2)cc1. The molecule has 0 aliphatic heterocycles. The molecule has 3 aromatic rings.